The number of nitrogens with zero attached hydrogens (tertiary/aromatic N) is 2. The average Bonchev–Trinajstić information content (AvgIpc) is 2.14. The molecule has 0 bridgehead atoms. The van der Waals surface area contributed by atoms with Gasteiger partial charge in [-0.05, 0) is 28.1 Å². The van der Waals surface area contributed by atoms with Gasteiger partial charge in [-0.1, -0.05) is 0 Å². The van der Waals surface area contributed by atoms with Gasteiger partial charge in [-0.2, -0.15) is 0 Å². The largest absolute Gasteiger partial charge is 0.376 e. The van der Waals surface area contributed by atoms with E-state index in [-0.39, 0.29) is 6.10 Å². The predicted octanol–water partition coefficient (Wildman–Crippen LogP) is -0.156. The summed E-state index contributed by atoms with van der Waals surface area (Å²) in [5, 5.41) is 0. The molecule has 0 aliphatic rings. The minimum absolute atomic E-state index is 0.173. The molecule has 0 radical (unpaired) electrons. The van der Waals surface area contributed by atoms with E-state index in [2.05, 4.69) is 30.9 Å². The first-order valence-electron chi connectivity index (χ1n) is 5.25. The summed E-state index contributed by atoms with van der Waals surface area (Å²) in [6.07, 6.45) is 0.173. The molecule has 0 fully saturated rings. The fraction of sp³-hybridized carbons (Fsp3) is 1.00. The first kappa shape index (κ1) is 13.8. The number of ether oxygens (including phenoxy) is 1. The Labute approximate surface area is 88.0 Å². The average molecular weight is 203 g/mol. The van der Waals surface area contributed by atoms with Crippen molar-refractivity contribution in [1.29, 1.82) is 0 Å². The van der Waals surface area contributed by atoms with Crippen molar-refractivity contribution in [2.24, 2.45) is 5.73 Å². The molecule has 0 aromatic rings. The number of likely N-dealkylation sites (N-methyl/N-ethyl adjacent to an activating group) is 2. The second-order valence-electron chi connectivity index (χ2n) is 3.88. The van der Waals surface area contributed by atoms with Crippen LogP contribution in [0.5, 0.6) is 0 Å². The Bertz CT molecular complexity index is 131. The second-order valence-corrected chi connectivity index (χ2v) is 3.88. The standard InChI is InChI=1S/C10H25N3O/c1-5-14-10(8-11)9-13(4)7-6-12(2)3/h10H,5-9,11H2,1-4H3. The Hall–Kier alpha value is -0.160. The molecule has 0 spiro atoms. The van der Waals surface area contributed by atoms with Gasteiger partial charge in [0.15, 0.2) is 0 Å². The van der Waals surface area contributed by atoms with Crippen molar-refractivity contribution >= 4 is 0 Å². The number of rotatable bonds is 8. The topological polar surface area (TPSA) is 41.7 Å². The highest BCUT2D eigenvalue weighted by Crippen LogP contribution is 1.94. The monoisotopic (exact) mass is 203 g/mol. The van der Waals surface area contributed by atoms with Crippen LogP contribution in [0.25, 0.3) is 0 Å². The third kappa shape index (κ3) is 7.26. The highest BCUT2D eigenvalue weighted by molar-refractivity contribution is 4.64. The number of nitrogens with two attached hydrogens (primary N) is 1. The molecule has 0 rings (SSSR count). The normalized spacial score (nSPS) is 13.9. The maximum absolute atomic E-state index is 5.60. The van der Waals surface area contributed by atoms with E-state index in [9.17, 15) is 0 Å². The van der Waals surface area contributed by atoms with E-state index in [1.165, 1.54) is 0 Å². The summed E-state index contributed by atoms with van der Waals surface area (Å²) in [4.78, 5) is 4.43. The van der Waals surface area contributed by atoms with Crippen LogP contribution in [-0.4, -0.2) is 69.8 Å². The molecule has 0 amide bonds. The third-order valence-corrected chi connectivity index (χ3v) is 2.11. The van der Waals surface area contributed by atoms with Crippen LogP contribution in [-0.2, 0) is 4.74 Å². The highest BCUT2D eigenvalue weighted by atomic mass is 16.5. The molecule has 4 nitrogen and oxygen atoms in total. The molecule has 0 saturated carbocycles. The van der Waals surface area contributed by atoms with Gasteiger partial charge in [0.05, 0.1) is 6.10 Å². The lowest BCUT2D eigenvalue weighted by atomic mass is 10.3. The molecule has 0 heterocycles. The first-order chi connectivity index (χ1) is 6.60. The molecule has 14 heavy (non-hydrogen) atoms. The van der Waals surface area contributed by atoms with E-state index < -0.39 is 0 Å². The molecular formula is C10H25N3O. The van der Waals surface area contributed by atoms with Gasteiger partial charge in [0.25, 0.3) is 0 Å². The summed E-state index contributed by atoms with van der Waals surface area (Å²) in [6, 6.07) is 0. The lowest BCUT2D eigenvalue weighted by Gasteiger charge is -2.24. The first-order valence-corrected chi connectivity index (χ1v) is 5.25. The van der Waals surface area contributed by atoms with Gasteiger partial charge in [-0.15, -0.1) is 0 Å². The molecule has 1 atom stereocenters. The molecule has 2 N–H and O–H groups in total. The van der Waals surface area contributed by atoms with E-state index in [4.69, 9.17) is 10.5 Å². The van der Waals surface area contributed by atoms with Crippen molar-refractivity contribution in [3.63, 3.8) is 0 Å². The third-order valence-electron chi connectivity index (χ3n) is 2.11. The zero-order valence-electron chi connectivity index (χ0n) is 9.99. The smallest absolute Gasteiger partial charge is 0.0823 e. The quantitative estimate of drug-likeness (QED) is 0.595. The van der Waals surface area contributed by atoms with Gasteiger partial charge in [0, 0.05) is 32.8 Å². The maximum atomic E-state index is 5.60. The minimum atomic E-state index is 0.173. The van der Waals surface area contributed by atoms with Crippen LogP contribution >= 0.6 is 0 Å². The zero-order valence-corrected chi connectivity index (χ0v) is 9.99. The number of hydrogen-bond donors (Lipinski definition) is 1. The van der Waals surface area contributed by atoms with Crippen molar-refractivity contribution in [2.45, 2.75) is 13.0 Å². The van der Waals surface area contributed by atoms with Crippen LogP contribution in [0.3, 0.4) is 0 Å². The Morgan fingerprint density at radius 3 is 2.29 bits per heavy atom. The van der Waals surface area contributed by atoms with Crippen LogP contribution in [0.15, 0.2) is 0 Å². The number of hydrogen-bond acceptors (Lipinski definition) is 4. The molecular weight excluding hydrogens is 178 g/mol. The van der Waals surface area contributed by atoms with Crippen LogP contribution in [0.2, 0.25) is 0 Å². The fourth-order valence-corrected chi connectivity index (χ4v) is 1.24. The predicted molar refractivity (Wildman–Crippen MR) is 60.5 cm³/mol. The van der Waals surface area contributed by atoms with E-state index >= 15 is 0 Å². The molecule has 0 aromatic heterocycles. The Kier molecular flexibility index (Phi) is 8.08. The van der Waals surface area contributed by atoms with Gasteiger partial charge >= 0.3 is 0 Å². The van der Waals surface area contributed by atoms with Gasteiger partial charge in [0.1, 0.15) is 0 Å². The molecule has 1 unspecified atom stereocenters. The van der Waals surface area contributed by atoms with Gasteiger partial charge < -0.3 is 20.3 Å². The Balaban J connectivity index is 3.61. The van der Waals surface area contributed by atoms with Crippen molar-refractivity contribution in [3.05, 3.63) is 0 Å². The summed E-state index contributed by atoms with van der Waals surface area (Å²) in [5.74, 6) is 0. The van der Waals surface area contributed by atoms with Crippen molar-refractivity contribution in [1.82, 2.24) is 9.80 Å². The van der Waals surface area contributed by atoms with Crippen molar-refractivity contribution < 1.29 is 4.74 Å². The Morgan fingerprint density at radius 2 is 1.86 bits per heavy atom. The molecule has 86 valence electrons. The summed E-state index contributed by atoms with van der Waals surface area (Å²) < 4.78 is 5.49. The Morgan fingerprint density at radius 1 is 1.21 bits per heavy atom. The molecule has 0 aromatic carbocycles. The van der Waals surface area contributed by atoms with E-state index in [0.29, 0.717) is 6.54 Å². The van der Waals surface area contributed by atoms with E-state index in [0.717, 1.165) is 26.2 Å². The maximum Gasteiger partial charge on any atom is 0.0823 e. The van der Waals surface area contributed by atoms with Crippen LogP contribution in [0.1, 0.15) is 6.92 Å². The molecule has 4 heteroatoms. The van der Waals surface area contributed by atoms with Gasteiger partial charge in [-0.25, -0.2) is 0 Å². The molecule has 0 aliphatic carbocycles. The lowest BCUT2D eigenvalue weighted by molar-refractivity contribution is 0.0441. The van der Waals surface area contributed by atoms with Crippen LogP contribution in [0.4, 0.5) is 0 Å². The van der Waals surface area contributed by atoms with Gasteiger partial charge in [0.2, 0.25) is 0 Å². The van der Waals surface area contributed by atoms with E-state index in [1.807, 2.05) is 6.92 Å². The summed E-state index contributed by atoms with van der Waals surface area (Å²) in [7, 11) is 6.26. The minimum Gasteiger partial charge on any atom is -0.376 e. The summed E-state index contributed by atoms with van der Waals surface area (Å²) >= 11 is 0. The summed E-state index contributed by atoms with van der Waals surface area (Å²) in [5.41, 5.74) is 5.60. The zero-order chi connectivity index (χ0) is 11.0. The van der Waals surface area contributed by atoms with E-state index in [1.54, 1.807) is 0 Å². The van der Waals surface area contributed by atoms with Gasteiger partial charge in [-0.3, -0.25) is 0 Å². The highest BCUT2D eigenvalue weighted by Gasteiger charge is 2.09. The molecule has 0 saturated heterocycles. The fourth-order valence-electron chi connectivity index (χ4n) is 1.24. The summed E-state index contributed by atoms with van der Waals surface area (Å²) in [6.45, 7) is 6.38. The van der Waals surface area contributed by atoms with Crippen molar-refractivity contribution in [3.8, 4) is 0 Å². The SMILES string of the molecule is CCOC(CN)CN(C)CCN(C)C. The van der Waals surface area contributed by atoms with Crippen molar-refractivity contribution in [2.75, 3.05) is 53.9 Å². The second kappa shape index (κ2) is 8.17. The molecule has 0 aliphatic heterocycles. The van der Waals surface area contributed by atoms with Crippen LogP contribution < -0.4 is 5.73 Å². The van der Waals surface area contributed by atoms with Crippen LogP contribution in [0, 0.1) is 0 Å². The lowest BCUT2D eigenvalue weighted by Crippen LogP contribution is -2.39.